The summed E-state index contributed by atoms with van der Waals surface area (Å²) in [6.07, 6.45) is 6.11. The van der Waals surface area contributed by atoms with Crippen molar-refractivity contribution in [1.29, 1.82) is 0 Å². The smallest absolute Gasteiger partial charge is 0.337 e. The lowest BCUT2D eigenvalue weighted by atomic mass is 10.2. The highest BCUT2D eigenvalue weighted by Crippen LogP contribution is 2.19. The molecular weight excluding hydrogens is 330 g/mol. The molecule has 1 aliphatic rings. The van der Waals surface area contributed by atoms with Crippen LogP contribution < -0.4 is 5.32 Å². The minimum atomic E-state index is -0.397. The Balaban J connectivity index is 1.75. The van der Waals surface area contributed by atoms with Crippen LogP contribution in [0.5, 0.6) is 0 Å². The fourth-order valence-electron chi connectivity index (χ4n) is 3.08. The largest absolute Gasteiger partial charge is 0.465 e. The van der Waals surface area contributed by atoms with Crippen molar-refractivity contribution < 1.29 is 14.3 Å². The summed E-state index contributed by atoms with van der Waals surface area (Å²) in [5.74, 6) is 0.208. The number of carbonyl (C=O) groups is 2. The number of nitrogens with one attached hydrogen (secondary N) is 1. The number of esters is 1. The number of nitrogens with zero attached hydrogens (tertiary/aromatic N) is 2. The summed E-state index contributed by atoms with van der Waals surface area (Å²) in [5, 5.41) is 3.14. The van der Waals surface area contributed by atoms with E-state index in [2.05, 4.69) is 10.3 Å². The molecule has 0 aliphatic carbocycles. The van der Waals surface area contributed by atoms with Crippen molar-refractivity contribution in [3.05, 3.63) is 53.7 Å². The number of likely N-dealkylation sites (tertiary alicyclic amines) is 1. The predicted molar refractivity (Wildman–Crippen MR) is 99.7 cm³/mol. The lowest BCUT2D eigenvalue weighted by Crippen LogP contribution is -2.31. The van der Waals surface area contributed by atoms with Crippen molar-refractivity contribution in [2.45, 2.75) is 25.7 Å². The molecule has 6 heteroatoms. The van der Waals surface area contributed by atoms with Gasteiger partial charge >= 0.3 is 5.97 Å². The van der Waals surface area contributed by atoms with Crippen LogP contribution in [0.2, 0.25) is 0 Å². The summed E-state index contributed by atoms with van der Waals surface area (Å²) in [6.45, 7) is 1.62. The number of carbonyl (C=O) groups excluding carboxylic acids is 2. The molecule has 0 unspecified atom stereocenters. The summed E-state index contributed by atoms with van der Waals surface area (Å²) >= 11 is 0. The molecule has 1 amide bonds. The Morgan fingerprint density at radius 3 is 2.54 bits per heavy atom. The molecule has 1 fully saturated rings. The van der Waals surface area contributed by atoms with Gasteiger partial charge in [0.2, 0.25) is 0 Å². The van der Waals surface area contributed by atoms with Crippen LogP contribution in [-0.4, -0.2) is 42.0 Å². The number of pyridine rings is 1. The number of ether oxygens (including phenoxy) is 1. The summed E-state index contributed by atoms with van der Waals surface area (Å²) in [4.78, 5) is 30.6. The van der Waals surface area contributed by atoms with Crippen LogP contribution in [0.25, 0.3) is 0 Å². The predicted octanol–water partition coefficient (Wildman–Crippen LogP) is 3.63. The number of rotatable bonds is 4. The molecule has 2 aromatic rings. The molecule has 136 valence electrons. The maximum atomic E-state index is 12.7. The van der Waals surface area contributed by atoms with E-state index < -0.39 is 5.97 Å². The average molecular weight is 353 g/mol. The molecule has 0 atom stereocenters. The Labute approximate surface area is 153 Å². The molecule has 1 saturated heterocycles. The second-order valence-corrected chi connectivity index (χ2v) is 6.33. The van der Waals surface area contributed by atoms with E-state index in [9.17, 15) is 9.59 Å². The molecule has 6 nitrogen and oxygen atoms in total. The molecule has 0 saturated carbocycles. The highest BCUT2D eigenvalue weighted by atomic mass is 16.5. The number of hydrogen-bond donors (Lipinski definition) is 1. The Bertz CT molecular complexity index is 783. The Hall–Kier alpha value is -2.89. The van der Waals surface area contributed by atoms with Gasteiger partial charge in [-0.15, -0.1) is 0 Å². The minimum Gasteiger partial charge on any atom is -0.465 e. The standard InChI is InChI=1S/C20H23N3O3/c1-26-20(25)16-7-6-8-17(13-16)22-18-14-15(9-10-21-18)19(24)23-11-4-2-3-5-12-23/h6-10,13-14H,2-5,11-12H2,1H3,(H,21,22). The molecule has 3 rings (SSSR count). The summed E-state index contributed by atoms with van der Waals surface area (Å²) in [7, 11) is 1.35. The molecular formula is C20H23N3O3. The summed E-state index contributed by atoms with van der Waals surface area (Å²) in [6, 6.07) is 10.5. The number of amides is 1. The highest BCUT2D eigenvalue weighted by molar-refractivity contribution is 5.95. The molecule has 1 aromatic carbocycles. The van der Waals surface area contributed by atoms with E-state index >= 15 is 0 Å². The van der Waals surface area contributed by atoms with E-state index in [0.717, 1.165) is 25.9 Å². The SMILES string of the molecule is COC(=O)c1cccc(Nc2cc(C(=O)N3CCCCCC3)ccn2)c1. The first-order chi connectivity index (χ1) is 12.7. The van der Waals surface area contributed by atoms with Crippen LogP contribution in [0.15, 0.2) is 42.6 Å². The van der Waals surface area contributed by atoms with Gasteiger partial charge in [0.25, 0.3) is 5.91 Å². The van der Waals surface area contributed by atoms with E-state index in [0.29, 0.717) is 22.6 Å². The van der Waals surface area contributed by atoms with Gasteiger partial charge in [0.05, 0.1) is 12.7 Å². The first kappa shape index (κ1) is 17.9. The summed E-state index contributed by atoms with van der Waals surface area (Å²) < 4.78 is 4.74. The van der Waals surface area contributed by atoms with Gasteiger partial charge in [0.15, 0.2) is 0 Å². The normalized spacial score (nSPS) is 14.4. The third kappa shape index (κ3) is 4.39. The first-order valence-electron chi connectivity index (χ1n) is 8.88. The van der Waals surface area contributed by atoms with Crippen LogP contribution in [0.3, 0.4) is 0 Å². The number of benzene rings is 1. The number of aromatic nitrogens is 1. The fraction of sp³-hybridized carbons (Fsp3) is 0.350. The zero-order valence-corrected chi connectivity index (χ0v) is 14.9. The van der Waals surface area contributed by atoms with Crippen molar-refractivity contribution in [2.24, 2.45) is 0 Å². The zero-order valence-electron chi connectivity index (χ0n) is 14.9. The topological polar surface area (TPSA) is 71.5 Å². The van der Waals surface area contributed by atoms with Gasteiger partial charge in [-0.2, -0.15) is 0 Å². The van der Waals surface area contributed by atoms with Crippen LogP contribution in [-0.2, 0) is 4.74 Å². The maximum Gasteiger partial charge on any atom is 0.337 e. The molecule has 1 aromatic heterocycles. The van der Waals surface area contributed by atoms with Crippen molar-refractivity contribution in [1.82, 2.24) is 9.88 Å². The molecule has 1 N–H and O–H groups in total. The third-order valence-corrected chi connectivity index (χ3v) is 4.46. The van der Waals surface area contributed by atoms with Gasteiger partial charge in [-0.05, 0) is 43.2 Å². The molecule has 0 bridgehead atoms. The number of methoxy groups -OCH3 is 1. The van der Waals surface area contributed by atoms with Gasteiger partial charge in [-0.1, -0.05) is 18.9 Å². The molecule has 1 aliphatic heterocycles. The van der Waals surface area contributed by atoms with Crippen LogP contribution >= 0.6 is 0 Å². The van der Waals surface area contributed by atoms with Crippen molar-refractivity contribution >= 4 is 23.4 Å². The van der Waals surface area contributed by atoms with Gasteiger partial charge in [0, 0.05) is 30.5 Å². The van der Waals surface area contributed by atoms with E-state index in [-0.39, 0.29) is 5.91 Å². The lowest BCUT2D eigenvalue weighted by molar-refractivity contribution is 0.0600. The van der Waals surface area contributed by atoms with Crippen molar-refractivity contribution in [3.8, 4) is 0 Å². The fourth-order valence-corrected chi connectivity index (χ4v) is 3.08. The second-order valence-electron chi connectivity index (χ2n) is 6.33. The minimum absolute atomic E-state index is 0.0423. The Morgan fingerprint density at radius 2 is 1.81 bits per heavy atom. The van der Waals surface area contributed by atoms with Crippen molar-refractivity contribution in [2.75, 3.05) is 25.5 Å². The van der Waals surface area contributed by atoms with Gasteiger partial charge < -0.3 is 15.0 Å². The maximum absolute atomic E-state index is 12.7. The Morgan fingerprint density at radius 1 is 1.04 bits per heavy atom. The second kappa shape index (κ2) is 8.47. The quantitative estimate of drug-likeness (QED) is 0.850. The summed E-state index contributed by atoms with van der Waals surface area (Å²) in [5.41, 5.74) is 1.78. The van der Waals surface area contributed by atoms with Gasteiger partial charge in [-0.25, -0.2) is 9.78 Å². The van der Waals surface area contributed by atoms with Crippen molar-refractivity contribution in [3.63, 3.8) is 0 Å². The number of hydrogen-bond acceptors (Lipinski definition) is 5. The van der Waals surface area contributed by atoms with Gasteiger partial charge in [-0.3, -0.25) is 4.79 Å². The van der Waals surface area contributed by atoms with Crippen LogP contribution in [0.1, 0.15) is 46.4 Å². The monoisotopic (exact) mass is 353 g/mol. The zero-order chi connectivity index (χ0) is 18.4. The lowest BCUT2D eigenvalue weighted by Gasteiger charge is -2.20. The molecule has 26 heavy (non-hydrogen) atoms. The molecule has 2 heterocycles. The van der Waals surface area contributed by atoms with Crippen LogP contribution in [0, 0.1) is 0 Å². The molecule has 0 spiro atoms. The van der Waals surface area contributed by atoms with E-state index in [4.69, 9.17) is 4.74 Å². The average Bonchev–Trinajstić information content (AvgIpc) is 2.96. The first-order valence-corrected chi connectivity index (χ1v) is 8.88. The highest BCUT2D eigenvalue weighted by Gasteiger charge is 2.17. The van der Waals surface area contributed by atoms with E-state index in [1.165, 1.54) is 20.0 Å². The van der Waals surface area contributed by atoms with E-state index in [1.807, 2.05) is 11.0 Å². The Kier molecular flexibility index (Phi) is 5.84. The molecule has 0 radical (unpaired) electrons. The van der Waals surface area contributed by atoms with Gasteiger partial charge in [0.1, 0.15) is 5.82 Å². The van der Waals surface area contributed by atoms with E-state index in [1.54, 1.807) is 36.5 Å². The number of anilines is 2. The third-order valence-electron chi connectivity index (χ3n) is 4.46. The van der Waals surface area contributed by atoms with Crippen LogP contribution in [0.4, 0.5) is 11.5 Å².